The second-order valence-corrected chi connectivity index (χ2v) is 8.69. The number of aromatic nitrogens is 3. The summed E-state index contributed by atoms with van der Waals surface area (Å²) >= 11 is 0. The van der Waals surface area contributed by atoms with Gasteiger partial charge in [-0.3, -0.25) is 9.55 Å². The minimum Gasteiger partial charge on any atom is -0.471 e. The van der Waals surface area contributed by atoms with Crippen molar-refractivity contribution >= 4 is 10.9 Å². The lowest BCUT2D eigenvalue weighted by molar-refractivity contribution is 0.0842. The Morgan fingerprint density at radius 2 is 1.88 bits per heavy atom. The Bertz CT molecular complexity index is 1290. The molecule has 1 saturated heterocycles. The number of fused-ring (bicyclic) bond motifs is 1. The van der Waals surface area contributed by atoms with Crippen molar-refractivity contribution in [1.29, 1.82) is 0 Å². The van der Waals surface area contributed by atoms with E-state index in [1.807, 2.05) is 22.9 Å². The fourth-order valence-corrected chi connectivity index (χ4v) is 4.78. The summed E-state index contributed by atoms with van der Waals surface area (Å²) in [6, 6.07) is 11.1. The summed E-state index contributed by atoms with van der Waals surface area (Å²) < 4.78 is 36.6. The SMILES string of the molecule is Fc1cccc(F)c1-c1ccc2c(ccn2-c2cncc(O[C@@H]3CNCCC34CC4)n2)c1. The molecule has 162 valence electrons. The molecule has 2 fully saturated rings. The van der Waals surface area contributed by atoms with Crippen LogP contribution in [0.1, 0.15) is 19.3 Å². The van der Waals surface area contributed by atoms with Crippen molar-refractivity contribution in [2.24, 2.45) is 5.41 Å². The van der Waals surface area contributed by atoms with Crippen molar-refractivity contribution in [3.63, 3.8) is 0 Å². The molecule has 1 N–H and O–H groups in total. The summed E-state index contributed by atoms with van der Waals surface area (Å²) in [7, 11) is 0. The van der Waals surface area contributed by atoms with Crippen LogP contribution >= 0.6 is 0 Å². The van der Waals surface area contributed by atoms with E-state index in [4.69, 9.17) is 9.72 Å². The number of nitrogens with zero attached hydrogens (tertiary/aromatic N) is 3. The first-order valence-corrected chi connectivity index (χ1v) is 10.9. The van der Waals surface area contributed by atoms with E-state index in [2.05, 4.69) is 10.3 Å². The van der Waals surface area contributed by atoms with E-state index in [0.717, 1.165) is 30.4 Å². The Morgan fingerprint density at radius 3 is 2.69 bits per heavy atom. The van der Waals surface area contributed by atoms with Gasteiger partial charge in [-0.15, -0.1) is 0 Å². The Hall–Kier alpha value is -3.32. The summed E-state index contributed by atoms with van der Waals surface area (Å²) in [5.74, 6) is -0.0133. The monoisotopic (exact) mass is 432 g/mol. The molecule has 2 aromatic heterocycles. The van der Waals surface area contributed by atoms with Gasteiger partial charge in [-0.1, -0.05) is 12.1 Å². The molecule has 2 aromatic carbocycles. The molecule has 1 saturated carbocycles. The number of rotatable bonds is 4. The van der Waals surface area contributed by atoms with E-state index >= 15 is 0 Å². The number of hydrogen-bond acceptors (Lipinski definition) is 4. The summed E-state index contributed by atoms with van der Waals surface area (Å²) in [6.07, 6.45) is 8.88. The first-order chi connectivity index (χ1) is 15.6. The van der Waals surface area contributed by atoms with Crippen molar-refractivity contribution < 1.29 is 13.5 Å². The lowest BCUT2D eigenvalue weighted by Gasteiger charge is -2.32. The van der Waals surface area contributed by atoms with Gasteiger partial charge in [-0.05, 0) is 61.7 Å². The summed E-state index contributed by atoms with van der Waals surface area (Å²) in [4.78, 5) is 9.03. The quantitative estimate of drug-likeness (QED) is 0.499. The van der Waals surface area contributed by atoms with Crippen molar-refractivity contribution in [3.05, 3.63) is 72.7 Å². The van der Waals surface area contributed by atoms with Gasteiger partial charge >= 0.3 is 0 Å². The minimum atomic E-state index is -0.579. The van der Waals surface area contributed by atoms with Crippen LogP contribution in [-0.2, 0) is 0 Å². The van der Waals surface area contributed by atoms with Gasteiger partial charge in [-0.25, -0.2) is 8.78 Å². The summed E-state index contributed by atoms with van der Waals surface area (Å²) in [6.45, 7) is 1.87. The Kier molecular flexibility index (Phi) is 4.47. The number of ether oxygens (including phenoxy) is 1. The fraction of sp³-hybridized carbons (Fsp3) is 0.280. The van der Waals surface area contributed by atoms with Crippen LogP contribution in [0.5, 0.6) is 5.88 Å². The Balaban J connectivity index is 1.32. The average Bonchev–Trinajstić information content (AvgIpc) is 3.44. The zero-order chi connectivity index (χ0) is 21.7. The molecule has 32 heavy (non-hydrogen) atoms. The topological polar surface area (TPSA) is 52.0 Å². The highest BCUT2D eigenvalue weighted by Crippen LogP contribution is 2.53. The largest absolute Gasteiger partial charge is 0.471 e. The van der Waals surface area contributed by atoms with Crippen LogP contribution < -0.4 is 10.1 Å². The predicted octanol–water partition coefficient (Wildman–Crippen LogP) is 4.89. The molecule has 5 nitrogen and oxygen atoms in total. The maximum Gasteiger partial charge on any atom is 0.234 e. The first kappa shape index (κ1) is 19.4. The van der Waals surface area contributed by atoms with Crippen LogP contribution in [0, 0.1) is 17.0 Å². The third kappa shape index (κ3) is 3.24. The van der Waals surface area contributed by atoms with E-state index in [0.29, 0.717) is 22.7 Å². The molecule has 0 unspecified atom stereocenters. The van der Waals surface area contributed by atoms with Gasteiger partial charge in [0.05, 0.1) is 23.5 Å². The molecule has 0 amide bonds. The van der Waals surface area contributed by atoms with Crippen LogP contribution in [0.15, 0.2) is 61.1 Å². The van der Waals surface area contributed by atoms with Gasteiger partial charge in [0.15, 0.2) is 5.82 Å². The number of piperidine rings is 1. The molecule has 0 bridgehead atoms. The Morgan fingerprint density at radius 1 is 1.03 bits per heavy atom. The lowest BCUT2D eigenvalue weighted by Crippen LogP contribution is -2.45. The molecular formula is C25H22F2N4O. The molecule has 6 rings (SSSR count). The second kappa shape index (κ2) is 7.38. The van der Waals surface area contributed by atoms with Gasteiger partial charge < -0.3 is 10.1 Å². The lowest BCUT2D eigenvalue weighted by atomic mass is 9.92. The standard InChI is InChI=1S/C25H22F2N4O/c26-18-2-1-3-19(27)24(18)17-4-5-20-16(12-17)6-11-31(20)22-14-29-15-23(30-22)32-21-13-28-10-9-25(21)7-8-25/h1-6,11-12,14-15,21,28H,7-10,13H2/t21-/m1/s1. The maximum absolute atomic E-state index is 14.2. The second-order valence-electron chi connectivity index (χ2n) is 8.69. The molecule has 1 aliphatic carbocycles. The Labute approximate surface area is 184 Å². The van der Waals surface area contributed by atoms with E-state index in [9.17, 15) is 8.78 Å². The normalized spacial score (nSPS) is 19.4. The molecule has 0 radical (unpaired) electrons. The molecule has 1 aliphatic heterocycles. The predicted molar refractivity (Wildman–Crippen MR) is 118 cm³/mol. The molecule has 1 atom stereocenters. The van der Waals surface area contributed by atoms with Gasteiger partial charge in [0.2, 0.25) is 5.88 Å². The zero-order valence-corrected chi connectivity index (χ0v) is 17.4. The first-order valence-electron chi connectivity index (χ1n) is 10.9. The van der Waals surface area contributed by atoms with Gasteiger partial charge in [0, 0.05) is 23.5 Å². The van der Waals surface area contributed by atoms with E-state index in [-0.39, 0.29) is 11.7 Å². The number of hydrogen-bond donors (Lipinski definition) is 1. The van der Waals surface area contributed by atoms with Crippen LogP contribution in [0.25, 0.3) is 27.8 Å². The van der Waals surface area contributed by atoms with Crippen LogP contribution in [0.2, 0.25) is 0 Å². The number of benzene rings is 2. The highest BCUT2D eigenvalue weighted by molar-refractivity contribution is 5.87. The van der Waals surface area contributed by atoms with E-state index < -0.39 is 11.6 Å². The summed E-state index contributed by atoms with van der Waals surface area (Å²) in [5, 5.41) is 4.27. The van der Waals surface area contributed by atoms with Crippen molar-refractivity contribution in [3.8, 4) is 22.8 Å². The van der Waals surface area contributed by atoms with Gasteiger partial charge in [0.1, 0.15) is 17.7 Å². The molecule has 1 spiro atoms. The van der Waals surface area contributed by atoms with E-state index in [1.165, 1.54) is 31.0 Å². The molecule has 2 aliphatic rings. The summed E-state index contributed by atoms with van der Waals surface area (Å²) in [5.41, 5.74) is 1.64. The third-order valence-electron chi connectivity index (χ3n) is 6.76. The highest BCUT2D eigenvalue weighted by Gasteiger charge is 2.52. The molecule has 4 aromatic rings. The van der Waals surface area contributed by atoms with Crippen LogP contribution in [0.4, 0.5) is 8.78 Å². The van der Waals surface area contributed by atoms with Crippen LogP contribution in [0.3, 0.4) is 0 Å². The number of halogens is 2. The fourth-order valence-electron chi connectivity index (χ4n) is 4.78. The molecular weight excluding hydrogens is 410 g/mol. The van der Waals surface area contributed by atoms with Crippen molar-refractivity contribution in [2.75, 3.05) is 13.1 Å². The maximum atomic E-state index is 14.2. The van der Waals surface area contributed by atoms with Gasteiger partial charge in [0.25, 0.3) is 0 Å². The average molecular weight is 432 g/mol. The van der Waals surface area contributed by atoms with Crippen molar-refractivity contribution in [1.82, 2.24) is 19.9 Å². The van der Waals surface area contributed by atoms with Gasteiger partial charge in [-0.2, -0.15) is 4.98 Å². The van der Waals surface area contributed by atoms with E-state index in [1.54, 1.807) is 24.5 Å². The smallest absolute Gasteiger partial charge is 0.234 e. The zero-order valence-electron chi connectivity index (χ0n) is 17.4. The van der Waals surface area contributed by atoms with Crippen molar-refractivity contribution in [2.45, 2.75) is 25.4 Å². The number of nitrogens with one attached hydrogen (secondary N) is 1. The highest BCUT2D eigenvalue weighted by atomic mass is 19.1. The molecule has 7 heteroatoms. The minimum absolute atomic E-state index is 0.0209. The molecule has 3 heterocycles. The van der Waals surface area contributed by atoms with Crippen LogP contribution in [-0.4, -0.2) is 33.7 Å². The third-order valence-corrected chi connectivity index (χ3v) is 6.76.